The van der Waals surface area contributed by atoms with Gasteiger partial charge in [0.15, 0.2) is 0 Å². The Hall–Kier alpha value is -0.770. The van der Waals surface area contributed by atoms with Crippen molar-refractivity contribution in [2.75, 3.05) is 19.8 Å². The third-order valence-electron chi connectivity index (χ3n) is 0.524. The van der Waals surface area contributed by atoms with Crippen molar-refractivity contribution in [2.24, 2.45) is 0 Å². The van der Waals surface area contributed by atoms with Crippen LogP contribution in [0.4, 0.5) is 4.79 Å². The maximum atomic E-state index is 10.2. The first kappa shape index (κ1) is 148. The molecule has 0 saturated carbocycles. The SMILES string of the molecule is C.C.C.C.C.C.C.C.C.C.C.C.CCO.CCOC(=O)OCC. The summed E-state index contributed by atoms with van der Waals surface area (Å²) in [6.45, 7) is 6.14. The number of hydrogen-bond donors (Lipinski definition) is 1. The predicted octanol–water partition coefficient (Wildman–Crippen LogP) is 8.81. The molecule has 23 heavy (non-hydrogen) atoms. The van der Waals surface area contributed by atoms with Gasteiger partial charge in [-0.05, 0) is 20.8 Å². The highest BCUT2D eigenvalue weighted by molar-refractivity contribution is 5.59. The van der Waals surface area contributed by atoms with Gasteiger partial charge in [-0.3, -0.25) is 0 Å². The van der Waals surface area contributed by atoms with E-state index in [0.29, 0.717) is 13.2 Å². The average molecular weight is 357 g/mol. The highest BCUT2D eigenvalue weighted by Crippen LogP contribution is 1.81. The van der Waals surface area contributed by atoms with E-state index in [9.17, 15) is 4.79 Å². The monoisotopic (exact) mass is 356 g/mol. The number of ether oxygens (including phenoxy) is 2. The maximum absolute atomic E-state index is 10.2. The highest BCUT2D eigenvalue weighted by atomic mass is 16.7. The van der Waals surface area contributed by atoms with E-state index in [2.05, 4.69) is 9.47 Å². The second kappa shape index (κ2) is 166. The van der Waals surface area contributed by atoms with Crippen LogP contribution in [-0.4, -0.2) is 31.1 Å². The molecule has 4 heteroatoms. The molecule has 0 atom stereocenters. The van der Waals surface area contributed by atoms with Crippen molar-refractivity contribution in [3.05, 3.63) is 0 Å². The fraction of sp³-hybridized carbons (Fsp3) is 0.947. The summed E-state index contributed by atoms with van der Waals surface area (Å²) in [4.78, 5) is 10.2. The third-order valence-corrected chi connectivity index (χ3v) is 0.524. The van der Waals surface area contributed by atoms with E-state index in [1.807, 2.05) is 0 Å². The van der Waals surface area contributed by atoms with Gasteiger partial charge < -0.3 is 14.6 Å². The molecule has 0 spiro atoms. The van der Waals surface area contributed by atoms with E-state index in [4.69, 9.17) is 5.11 Å². The highest BCUT2D eigenvalue weighted by Gasteiger charge is 1.96. The Kier molecular flexibility index (Phi) is 1070. The van der Waals surface area contributed by atoms with Crippen LogP contribution in [0, 0.1) is 0 Å². The molecule has 0 aliphatic heterocycles. The van der Waals surface area contributed by atoms with E-state index in [1.54, 1.807) is 20.8 Å². The van der Waals surface area contributed by atoms with Gasteiger partial charge in [0.2, 0.25) is 0 Å². The second-order valence-corrected chi connectivity index (χ2v) is 1.43. The molecule has 0 bridgehead atoms. The Labute approximate surface area is 156 Å². The molecule has 0 aliphatic rings. The molecule has 0 aromatic heterocycles. The number of aliphatic hydroxyl groups excluding tert-OH is 1. The summed E-state index contributed by atoms with van der Waals surface area (Å²) in [7, 11) is 0. The van der Waals surface area contributed by atoms with E-state index < -0.39 is 6.16 Å². The summed E-state index contributed by atoms with van der Waals surface area (Å²) in [5.41, 5.74) is 0. The van der Waals surface area contributed by atoms with Crippen molar-refractivity contribution in [2.45, 2.75) is 110 Å². The molecule has 0 radical (unpaired) electrons. The molecule has 0 aromatic carbocycles. The van der Waals surface area contributed by atoms with Crippen LogP contribution in [0.1, 0.15) is 110 Å². The van der Waals surface area contributed by atoms with Crippen molar-refractivity contribution in [1.82, 2.24) is 0 Å². The van der Waals surface area contributed by atoms with Crippen LogP contribution >= 0.6 is 0 Å². The quantitative estimate of drug-likeness (QED) is 0.502. The molecule has 0 rings (SSSR count). The van der Waals surface area contributed by atoms with Crippen molar-refractivity contribution in [1.29, 1.82) is 0 Å². The minimum Gasteiger partial charge on any atom is -0.435 e. The Bertz CT molecular complexity index is 79.4. The lowest BCUT2D eigenvalue weighted by Crippen LogP contribution is -2.05. The van der Waals surface area contributed by atoms with Crippen LogP contribution in [0.15, 0.2) is 0 Å². The summed E-state index contributed by atoms with van der Waals surface area (Å²) in [5, 5.41) is 7.57. The number of aliphatic hydroxyl groups is 1. The van der Waals surface area contributed by atoms with Gasteiger partial charge in [-0.2, -0.15) is 0 Å². The van der Waals surface area contributed by atoms with Crippen LogP contribution in [-0.2, 0) is 9.47 Å². The number of carbonyl (C=O) groups is 1. The molecule has 0 saturated heterocycles. The first-order valence-electron chi connectivity index (χ1n) is 3.63. The fourth-order valence-corrected chi connectivity index (χ4v) is 0.277. The van der Waals surface area contributed by atoms with Crippen molar-refractivity contribution in [3.8, 4) is 0 Å². The summed E-state index contributed by atoms with van der Waals surface area (Å²) in [6, 6.07) is 0. The lowest BCUT2D eigenvalue weighted by Gasteiger charge is -1.98. The van der Waals surface area contributed by atoms with Crippen LogP contribution in [0.5, 0.6) is 0 Å². The molecular weight excluding hydrogens is 292 g/mol. The van der Waals surface area contributed by atoms with Gasteiger partial charge in [-0.1, -0.05) is 89.1 Å². The largest absolute Gasteiger partial charge is 0.508 e. The van der Waals surface area contributed by atoms with E-state index in [1.165, 1.54) is 0 Å². The van der Waals surface area contributed by atoms with Gasteiger partial charge in [0.25, 0.3) is 0 Å². The van der Waals surface area contributed by atoms with Gasteiger partial charge in [0.1, 0.15) is 0 Å². The summed E-state index contributed by atoms with van der Waals surface area (Å²) in [6.07, 6.45) is -0.588. The van der Waals surface area contributed by atoms with E-state index >= 15 is 0 Å². The number of carbonyl (C=O) groups excluding carboxylic acids is 1. The van der Waals surface area contributed by atoms with E-state index in [-0.39, 0.29) is 95.7 Å². The standard InChI is InChI=1S/C5H10O3.C2H6O.12CH4/c1-3-7-5(6)8-4-2;1-2-3;;;;;;;;;;;;/h3-4H2,1-2H3;3H,2H2,1H3;12*1H4. The molecular formula is C19H64O4. The lowest BCUT2D eigenvalue weighted by atomic mass is 10.8. The normalized spacial score (nSPS) is 3.65. The van der Waals surface area contributed by atoms with Gasteiger partial charge in [0.05, 0.1) is 13.2 Å². The zero-order valence-corrected chi connectivity index (χ0v) is 7.29. The van der Waals surface area contributed by atoms with Gasteiger partial charge >= 0.3 is 6.16 Å². The molecule has 164 valence electrons. The minimum absolute atomic E-state index is 0. The second-order valence-electron chi connectivity index (χ2n) is 1.43. The lowest BCUT2D eigenvalue weighted by molar-refractivity contribution is 0.0630. The first-order valence-corrected chi connectivity index (χ1v) is 3.63. The number of rotatable bonds is 2. The van der Waals surface area contributed by atoms with Gasteiger partial charge in [-0.25, -0.2) is 4.79 Å². The molecule has 0 fully saturated rings. The van der Waals surface area contributed by atoms with Crippen molar-refractivity contribution >= 4 is 6.16 Å². The zero-order valence-electron chi connectivity index (χ0n) is 7.29. The Morgan fingerprint density at radius 1 is 0.609 bits per heavy atom. The minimum atomic E-state index is -0.588. The van der Waals surface area contributed by atoms with Crippen LogP contribution in [0.3, 0.4) is 0 Å². The van der Waals surface area contributed by atoms with E-state index in [0.717, 1.165) is 0 Å². The first-order chi connectivity index (χ1) is 5.22. The molecule has 0 amide bonds. The maximum Gasteiger partial charge on any atom is 0.508 e. The summed E-state index contributed by atoms with van der Waals surface area (Å²) in [5.74, 6) is 0. The smallest absolute Gasteiger partial charge is 0.435 e. The summed E-state index contributed by atoms with van der Waals surface area (Å²) < 4.78 is 8.84. The molecule has 1 N–H and O–H groups in total. The Morgan fingerprint density at radius 2 is 0.739 bits per heavy atom. The Balaban J connectivity index is -0.00000000425. The molecule has 0 aliphatic carbocycles. The summed E-state index contributed by atoms with van der Waals surface area (Å²) >= 11 is 0. The Morgan fingerprint density at radius 3 is 0.826 bits per heavy atom. The third kappa shape index (κ3) is 287. The van der Waals surface area contributed by atoms with Gasteiger partial charge in [0, 0.05) is 6.61 Å². The van der Waals surface area contributed by atoms with Crippen LogP contribution in [0.2, 0.25) is 0 Å². The van der Waals surface area contributed by atoms with Gasteiger partial charge in [-0.15, -0.1) is 0 Å². The van der Waals surface area contributed by atoms with Crippen LogP contribution < -0.4 is 0 Å². The van der Waals surface area contributed by atoms with Crippen molar-refractivity contribution < 1.29 is 19.4 Å². The average Bonchev–Trinajstić information content (AvgIpc) is 1.90. The number of hydrogen-bond acceptors (Lipinski definition) is 4. The fourth-order valence-electron chi connectivity index (χ4n) is 0.277. The molecule has 0 unspecified atom stereocenters. The molecule has 0 aromatic rings. The van der Waals surface area contributed by atoms with Crippen LogP contribution in [0.25, 0.3) is 0 Å². The zero-order chi connectivity index (χ0) is 9.11. The van der Waals surface area contributed by atoms with Crippen molar-refractivity contribution in [3.63, 3.8) is 0 Å². The molecule has 0 heterocycles. The molecule has 4 nitrogen and oxygen atoms in total. The predicted molar refractivity (Wildman–Crippen MR) is 122 cm³/mol. The topological polar surface area (TPSA) is 55.8 Å².